The summed E-state index contributed by atoms with van der Waals surface area (Å²) in [5.74, 6) is 0.864. The van der Waals surface area contributed by atoms with Crippen LogP contribution in [0.4, 0.5) is 0 Å². The van der Waals surface area contributed by atoms with E-state index in [1.807, 2.05) is 18.2 Å². The number of amides is 1. The van der Waals surface area contributed by atoms with E-state index in [-0.39, 0.29) is 5.91 Å². The first-order chi connectivity index (χ1) is 13.0. The molecule has 0 aromatic heterocycles. The van der Waals surface area contributed by atoms with Crippen LogP contribution in [0.2, 0.25) is 0 Å². The smallest absolute Gasteiger partial charge is 0.253 e. The van der Waals surface area contributed by atoms with Gasteiger partial charge in [-0.2, -0.15) is 0 Å². The number of methoxy groups -OCH3 is 1. The third-order valence-electron chi connectivity index (χ3n) is 5.39. The highest BCUT2D eigenvalue weighted by molar-refractivity contribution is 5.94. The van der Waals surface area contributed by atoms with E-state index in [4.69, 9.17) is 4.74 Å². The van der Waals surface area contributed by atoms with Crippen LogP contribution in [0.5, 0.6) is 0 Å². The van der Waals surface area contributed by atoms with Crippen molar-refractivity contribution in [1.29, 1.82) is 0 Å². The summed E-state index contributed by atoms with van der Waals surface area (Å²) in [6.07, 6.45) is 5.75. The molecule has 1 aliphatic carbocycles. The van der Waals surface area contributed by atoms with Crippen LogP contribution in [-0.4, -0.2) is 64.7 Å². The Bertz CT molecular complexity index is 639. The highest BCUT2D eigenvalue weighted by Crippen LogP contribution is 2.43. The first-order valence-corrected chi connectivity index (χ1v) is 9.74. The third kappa shape index (κ3) is 6.24. The maximum atomic E-state index is 12.1. The van der Waals surface area contributed by atoms with Crippen molar-refractivity contribution in [2.45, 2.75) is 32.1 Å². The van der Waals surface area contributed by atoms with Crippen molar-refractivity contribution < 1.29 is 9.53 Å². The van der Waals surface area contributed by atoms with Crippen LogP contribution in [0.15, 0.2) is 29.3 Å². The van der Waals surface area contributed by atoms with Gasteiger partial charge < -0.3 is 20.3 Å². The van der Waals surface area contributed by atoms with Crippen LogP contribution in [0.25, 0.3) is 0 Å². The molecule has 0 atom stereocenters. The lowest BCUT2D eigenvalue weighted by Gasteiger charge is -2.42. The summed E-state index contributed by atoms with van der Waals surface area (Å²) >= 11 is 0. The predicted molar refractivity (Wildman–Crippen MR) is 110 cm³/mol. The first kappa shape index (κ1) is 21.2. The fourth-order valence-electron chi connectivity index (χ4n) is 3.45. The SMILES string of the molecule is CN=C(NCCc1cccc(C(=O)N(C)C)c1)NCC1(CCOC)CCC1. The Morgan fingerprint density at radius 1 is 1.30 bits per heavy atom. The van der Waals surface area contributed by atoms with E-state index >= 15 is 0 Å². The van der Waals surface area contributed by atoms with Crippen molar-refractivity contribution in [3.63, 3.8) is 0 Å². The number of carbonyl (C=O) groups is 1. The molecule has 0 spiro atoms. The summed E-state index contributed by atoms with van der Waals surface area (Å²) in [7, 11) is 7.11. The number of aliphatic imine (C=N–C) groups is 1. The van der Waals surface area contributed by atoms with Gasteiger partial charge in [-0.15, -0.1) is 0 Å². The minimum absolute atomic E-state index is 0.0316. The number of rotatable bonds is 9. The average Bonchev–Trinajstić information content (AvgIpc) is 2.64. The predicted octanol–water partition coefficient (Wildman–Crippen LogP) is 2.30. The van der Waals surface area contributed by atoms with E-state index in [0.717, 1.165) is 49.6 Å². The molecule has 0 unspecified atom stereocenters. The van der Waals surface area contributed by atoms with Gasteiger partial charge in [-0.05, 0) is 48.8 Å². The van der Waals surface area contributed by atoms with E-state index in [0.29, 0.717) is 5.41 Å². The van der Waals surface area contributed by atoms with E-state index in [9.17, 15) is 4.79 Å². The second-order valence-electron chi connectivity index (χ2n) is 7.60. The molecule has 1 fully saturated rings. The maximum Gasteiger partial charge on any atom is 0.253 e. The summed E-state index contributed by atoms with van der Waals surface area (Å²) in [6, 6.07) is 7.82. The molecule has 0 aliphatic heterocycles. The Labute approximate surface area is 163 Å². The summed E-state index contributed by atoms with van der Waals surface area (Å²) in [6.45, 7) is 2.52. The molecule has 0 heterocycles. The number of nitrogens with one attached hydrogen (secondary N) is 2. The lowest BCUT2D eigenvalue weighted by atomic mass is 9.67. The fourth-order valence-corrected chi connectivity index (χ4v) is 3.45. The van der Waals surface area contributed by atoms with E-state index in [1.165, 1.54) is 19.3 Å². The van der Waals surface area contributed by atoms with Crippen molar-refractivity contribution in [3.8, 4) is 0 Å². The topological polar surface area (TPSA) is 66.0 Å². The molecular weight excluding hydrogens is 340 g/mol. The van der Waals surface area contributed by atoms with Crippen LogP contribution < -0.4 is 10.6 Å². The monoisotopic (exact) mass is 374 g/mol. The zero-order chi connectivity index (χ0) is 19.7. The molecule has 2 rings (SSSR count). The molecule has 1 aliphatic rings. The number of carbonyl (C=O) groups excluding carboxylic acids is 1. The molecule has 2 N–H and O–H groups in total. The van der Waals surface area contributed by atoms with Gasteiger partial charge in [-0.3, -0.25) is 9.79 Å². The lowest BCUT2D eigenvalue weighted by molar-refractivity contribution is 0.0732. The van der Waals surface area contributed by atoms with Crippen molar-refractivity contribution >= 4 is 11.9 Å². The van der Waals surface area contributed by atoms with Gasteiger partial charge in [0.25, 0.3) is 5.91 Å². The Hall–Kier alpha value is -2.08. The second-order valence-corrected chi connectivity index (χ2v) is 7.60. The van der Waals surface area contributed by atoms with Gasteiger partial charge in [0.2, 0.25) is 0 Å². The van der Waals surface area contributed by atoms with Gasteiger partial charge in [0.1, 0.15) is 0 Å². The Balaban J connectivity index is 1.79. The average molecular weight is 375 g/mol. The Morgan fingerprint density at radius 2 is 2.07 bits per heavy atom. The molecule has 1 amide bonds. The minimum Gasteiger partial charge on any atom is -0.385 e. The molecule has 6 heteroatoms. The molecule has 150 valence electrons. The summed E-state index contributed by atoms with van der Waals surface area (Å²) < 4.78 is 5.26. The number of benzene rings is 1. The van der Waals surface area contributed by atoms with Crippen LogP contribution >= 0.6 is 0 Å². The molecule has 0 saturated heterocycles. The quantitative estimate of drug-likeness (QED) is 0.514. The Morgan fingerprint density at radius 3 is 2.67 bits per heavy atom. The van der Waals surface area contributed by atoms with Crippen LogP contribution in [0, 0.1) is 5.41 Å². The molecule has 1 saturated carbocycles. The molecular formula is C21H34N4O2. The largest absolute Gasteiger partial charge is 0.385 e. The number of hydrogen-bond acceptors (Lipinski definition) is 3. The Kier molecular flexibility index (Phi) is 8.10. The second kappa shape index (κ2) is 10.3. The highest BCUT2D eigenvalue weighted by Gasteiger charge is 2.36. The third-order valence-corrected chi connectivity index (χ3v) is 5.39. The standard InChI is InChI=1S/C21H34N4O2/c1-22-20(24-16-21(10-6-11-21)12-14-27-4)23-13-9-17-7-5-8-18(15-17)19(26)25(2)3/h5,7-8,15H,6,9-14,16H2,1-4H3,(H2,22,23,24). The van der Waals surface area contributed by atoms with Gasteiger partial charge >= 0.3 is 0 Å². The molecule has 6 nitrogen and oxygen atoms in total. The molecule has 27 heavy (non-hydrogen) atoms. The van der Waals surface area contributed by atoms with Gasteiger partial charge in [0, 0.05) is 53.5 Å². The lowest BCUT2D eigenvalue weighted by Crippen LogP contribution is -2.47. The summed E-state index contributed by atoms with van der Waals surface area (Å²) in [4.78, 5) is 18.0. The number of ether oxygens (including phenoxy) is 1. The zero-order valence-corrected chi connectivity index (χ0v) is 17.2. The fraction of sp³-hybridized carbons (Fsp3) is 0.619. The summed E-state index contributed by atoms with van der Waals surface area (Å²) in [5.41, 5.74) is 2.22. The van der Waals surface area contributed by atoms with Gasteiger partial charge in [-0.25, -0.2) is 0 Å². The maximum absolute atomic E-state index is 12.1. The van der Waals surface area contributed by atoms with Crippen LogP contribution in [-0.2, 0) is 11.2 Å². The van der Waals surface area contributed by atoms with E-state index in [2.05, 4.69) is 21.7 Å². The normalized spacial score (nSPS) is 15.8. The first-order valence-electron chi connectivity index (χ1n) is 9.74. The van der Waals surface area contributed by atoms with Crippen molar-refractivity contribution in [2.75, 3.05) is 47.9 Å². The van der Waals surface area contributed by atoms with Gasteiger partial charge in [0.05, 0.1) is 0 Å². The van der Waals surface area contributed by atoms with Crippen LogP contribution in [0.1, 0.15) is 41.6 Å². The van der Waals surface area contributed by atoms with E-state index in [1.54, 1.807) is 33.2 Å². The van der Waals surface area contributed by atoms with Crippen molar-refractivity contribution in [1.82, 2.24) is 15.5 Å². The summed E-state index contributed by atoms with van der Waals surface area (Å²) in [5, 5.41) is 6.85. The van der Waals surface area contributed by atoms with E-state index < -0.39 is 0 Å². The minimum atomic E-state index is 0.0316. The molecule has 1 aromatic carbocycles. The van der Waals surface area contributed by atoms with Crippen molar-refractivity contribution in [3.05, 3.63) is 35.4 Å². The number of guanidine groups is 1. The highest BCUT2D eigenvalue weighted by atomic mass is 16.5. The van der Waals surface area contributed by atoms with Gasteiger partial charge in [0.15, 0.2) is 5.96 Å². The number of hydrogen-bond donors (Lipinski definition) is 2. The molecule has 1 aromatic rings. The van der Waals surface area contributed by atoms with Crippen molar-refractivity contribution in [2.24, 2.45) is 10.4 Å². The zero-order valence-electron chi connectivity index (χ0n) is 17.2. The molecule has 0 radical (unpaired) electrons. The number of nitrogens with zero attached hydrogens (tertiary/aromatic N) is 2. The van der Waals surface area contributed by atoms with Gasteiger partial charge in [-0.1, -0.05) is 18.6 Å². The van der Waals surface area contributed by atoms with Crippen LogP contribution in [0.3, 0.4) is 0 Å². The molecule has 0 bridgehead atoms.